The van der Waals surface area contributed by atoms with E-state index >= 15 is 0 Å². The lowest BCUT2D eigenvalue weighted by molar-refractivity contribution is -0.114. The van der Waals surface area contributed by atoms with Gasteiger partial charge in [-0.15, -0.1) is 0 Å². The molecule has 5 aromatic rings. The maximum absolute atomic E-state index is 11.6. The minimum atomic E-state index is -0.403. The lowest BCUT2D eigenvalue weighted by atomic mass is 9.92. The van der Waals surface area contributed by atoms with Gasteiger partial charge in [-0.05, 0) is 73.2 Å². The van der Waals surface area contributed by atoms with Crippen LogP contribution in [0.4, 0.5) is 28.6 Å². The van der Waals surface area contributed by atoms with Crippen LogP contribution in [0, 0.1) is 6.92 Å². The van der Waals surface area contributed by atoms with Crippen LogP contribution in [0.25, 0.3) is 5.69 Å². The van der Waals surface area contributed by atoms with Crippen molar-refractivity contribution in [2.24, 2.45) is 9.98 Å². The predicted molar refractivity (Wildman–Crippen MR) is 184 cm³/mol. The number of nitrogens with one attached hydrogen (secondary N) is 2. The number of fused-ring (bicyclic) bond motifs is 4. The van der Waals surface area contributed by atoms with Gasteiger partial charge in [0.2, 0.25) is 11.7 Å². The van der Waals surface area contributed by atoms with Crippen LogP contribution in [0.1, 0.15) is 29.8 Å². The van der Waals surface area contributed by atoms with Gasteiger partial charge >= 0.3 is 0 Å². The largest absolute Gasteiger partial charge is 0.493 e. The van der Waals surface area contributed by atoms with Gasteiger partial charge in [-0.2, -0.15) is 5.10 Å². The molecular weight excluding hydrogens is 594 g/mol. The van der Waals surface area contributed by atoms with Crippen molar-refractivity contribution in [3.05, 3.63) is 108 Å². The Morgan fingerprint density at radius 1 is 0.809 bits per heavy atom. The molecule has 2 aliphatic heterocycles. The number of nitrogens with zero attached hydrogens (tertiary/aromatic N) is 5. The molecule has 2 N–H and O–H groups in total. The Morgan fingerprint density at radius 3 is 2.13 bits per heavy atom. The van der Waals surface area contributed by atoms with E-state index < -0.39 is 6.04 Å². The molecule has 1 aromatic heterocycles. The number of benzene rings is 4. The van der Waals surface area contributed by atoms with Crippen LogP contribution >= 0.6 is 0 Å². The number of aliphatic imine (C=N–C) groups is 2. The molecule has 0 fully saturated rings. The van der Waals surface area contributed by atoms with Gasteiger partial charge in [0, 0.05) is 23.9 Å². The van der Waals surface area contributed by atoms with Crippen LogP contribution in [0.5, 0.6) is 17.2 Å². The molecule has 0 saturated heterocycles. The number of aromatic nitrogens is 2. The molecule has 11 heteroatoms. The number of anilines is 3. The highest BCUT2D eigenvalue weighted by Crippen LogP contribution is 2.50. The summed E-state index contributed by atoms with van der Waals surface area (Å²) >= 11 is 0. The molecule has 1 atom stereocenters. The molecule has 0 spiro atoms. The molecule has 0 bridgehead atoms. The van der Waals surface area contributed by atoms with E-state index in [0.717, 1.165) is 39.6 Å². The summed E-state index contributed by atoms with van der Waals surface area (Å²) in [5.41, 5.74) is 6.67. The molecule has 236 valence electrons. The smallest absolute Gasteiger partial charge is 0.221 e. The molecule has 0 radical (unpaired) electrons. The quantitative estimate of drug-likeness (QED) is 0.201. The Balaban J connectivity index is 1.46. The first-order valence-electron chi connectivity index (χ1n) is 15.1. The second kappa shape index (κ2) is 12.0. The summed E-state index contributed by atoms with van der Waals surface area (Å²) < 4.78 is 19.2. The third kappa shape index (κ3) is 5.21. The maximum Gasteiger partial charge on any atom is 0.221 e. The number of hydrogen-bond acceptors (Lipinski definition) is 9. The Kier molecular flexibility index (Phi) is 7.56. The van der Waals surface area contributed by atoms with Gasteiger partial charge < -0.3 is 29.7 Å². The standard InChI is InChI=1S/C36H33N7O4/c1-21-31-32(23-19-29(45-3)33(47-5)30(20-23)46-4)42-28-14-10-9-13-27(28)39-34(38-25-17-15-24(16-18-25)37-22(2)44)36(42)40-35(31)43(41-21)26-11-7-6-8-12-26/h6-20,32H,1-5H3,(H,37,44)(H,38,39)/t32-/m0/s1. The fraction of sp³-hybridized carbons (Fsp3) is 0.167. The SMILES string of the molecule is COc1cc([C@H]2c3c(C)nn(-c4ccccc4)c3N=C3C(Nc4ccc(NC(C)=O)cc4)=Nc4ccccc4N32)cc(OC)c1OC. The fourth-order valence-electron chi connectivity index (χ4n) is 6.10. The Hall–Kier alpha value is -6.10. The molecule has 4 aromatic carbocycles. The van der Waals surface area contributed by atoms with Crippen molar-refractivity contribution in [3.63, 3.8) is 0 Å². The molecule has 0 aliphatic carbocycles. The molecule has 0 saturated carbocycles. The lowest BCUT2D eigenvalue weighted by Gasteiger charge is -2.40. The van der Waals surface area contributed by atoms with Crippen molar-refractivity contribution < 1.29 is 19.0 Å². The van der Waals surface area contributed by atoms with Gasteiger partial charge in [-0.25, -0.2) is 14.7 Å². The van der Waals surface area contributed by atoms with Crippen LogP contribution in [0.15, 0.2) is 101 Å². The third-order valence-corrected chi connectivity index (χ3v) is 8.11. The minimum Gasteiger partial charge on any atom is -0.493 e. The van der Waals surface area contributed by atoms with Crippen LogP contribution in [-0.4, -0.2) is 48.7 Å². The molecule has 0 unspecified atom stereocenters. The van der Waals surface area contributed by atoms with E-state index in [1.807, 2.05) is 103 Å². The first-order chi connectivity index (χ1) is 22.9. The van der Waals surface area contributed by atoms with E-state index in [0.29, 0.717) is 40.4 Å². The molecule has 47 heavy (non-hydrogen) atoms. The highest BCUT2D eigenvalue weighted by Gasteiger charge is 2.42. The summed E-state index contributed by atoms with van der Waals surface area (Å²) in [6, 6.07) is 28.9. The Morgan fingerprint density at radius 2 is 1.47 bits per heavy atom. The molecule has 7 rings (SSSR count). The van der Waals surface area contributed by atoms with Crippen molar-refractivity contribution >= 4 is 46.1 Å². The topological polar surface area (TPSA) is 115 Å². The molecule has 3 heterocycles. The zero-order valence-electron chi connectivity index (χ0n) is 26.6. The first-order valence-corrected chi connectivity index (χ1v) is 15.1. The zero-order chi connectivity index (χ0) is 32.7. The van der Waals surface area contributed by atoms with Crippen molar-refractivity contribution in [3.8, 4) is 22.9 Å². The van der Waals surface area contributed by atoms with Crippen molar-refractivity contribution in [1.29, 1.82) is 0 Å². The van der Waals surface area contributed by atoms with E-state index in [-0.39, 0.29) is 5.91 Å². The monoisotopic (exact) mass is 627 g/mol. The van der Waals surface area contributed by atoms with E-state index in [1.54, 1.807) is 21.3 Å². The van der Waals surface area contributed by atoms with Gasteiger partial charge in [0.05, 0.1) is 50.1 Å². The number of aryl methyl sites for hydroxylation is 1. The molecular formula is C36H33N7O4. The maximum atomic E-state index is 11.6. The molecule has 11 nitrogen and oxygen atoms in total. The van der Waals surface area contributed by atoms with E-state index in [9.17, 15) is 4.79 Å². The number of ether oxygens (including phenoxy) is 3. The molecule has 1 amide bonds. The van der Waals surface area contributed by atoms with Crippen LogP contribution in [-0.2, 0) is 4.79 Å². The number of rotatable bonds is 7. The number of methoxy groups -OCH3 is 3. The van der Waals surface area contributed by atoms with Gasteiger partial charge in [-0.3, -0.25) is 4.79 Å². The Bertz CT molecular complexity index is 2030. The first kappa shape index (κ1) is 29.6. The minimum absolute atomic E-state index is 0.134. The second-order valence-electron chi connectivity index (χ2n) is 11.1. The summed E-state index contributed by atoms with van der Waals surface area (Å²) in [4.78, 5) is 24.1. The number of carbonyl (C=O) groups is 1. The number of hydrogen-bond donors (Lipinski definition) is 2. The van der Waals surface area contributed by atoms with E-state index in [4.69, 9.17) is 29.3 Å². The molecule has 2 aliphatic rings. The van der Waals surface area contributed by atoms with E-state index in [1.165, 1.54) is 6.92 Å². The van der Waals surface area contributed by atoms with E-state index in [2.05, 4.69) is 15.5 Å². The number of amides is 1. The number of amidine groups is 2. The Labute approximate surface area is 272 Å². The van der Waals surface area contributed by atoms with Crippen molar-refractivity contribution in [1.82, 2.24) is 9.78 Å². The predicted octanol–water partition coefficient (Wildman–Crippen LogP) is 6.96. The van der Waals surface area contributed by atoms with Gasteiger partial charge in [0.15, 0.2) is 29.0 Å². The number of carbonyl (C=O) groups excluding carboxylic acids is 1. The highest BCUT2D eigenvalue weighted by molar-refractivity contribution is 6.51. The zero-order valence-corrected chi connectivity index (χ0v) is 26.6. The summed E-state index contributed by atoms with van der Waals surface area (Å²) in [6.45, 7) is 3.49. The van der Waals surface area contributed by atoms with Crippen LogP contribution in [0.3, 0.4) is 0 Å². The summed E-state index contributed by atoms with van der Waals surface area (Å²) in [5.74, 6) is 3.30. The van der Waals surface area contributed by atoms with Crippen LogP contribution < -0.4 is 29.7 Å². The normalized spacial score (nSPS) is 14.6. The fourth-order valence-corrected chi connectivity index (χ4v) is 6.10. The average molecular weight is 628 g/mol. The average Bonchev–Trinajstić information content (AvgIpc) is 3.43. The highest BCUT2D eigenvalue weighted by atomic mass is 16.5. The van der Waals surface area contributed by atoms with Crippen molar-refractivity contribution in [2.75, 3.05) is 36.9 Å². The van der Waals surface area contributed by atoms with Crippen molar-refractivity contribution in [2.45, 2.75) is 19.9 Å². The number of para-hydroxylation sites is 3. The van der Waals surface area contributed by atoms with Gasteiger partial charge in [-0.1, -0.05) is 30.3 Å². The van der Waals surface area contributed by atoms with Gasteiger partial charge in [0.1, 0.15) is 0 Å². The lowest BCUT2D eigenvalue weighted by Crippen LogP contribution is -2.46. The third-order valence-electron chi connectivity index (χ3n) is 8.11. The summed E-state index contributed by atoms with van der Waals surface area (Å²) in [6.07, 6.45) is 0. The van der Waals surface area contributed by atoms with Crippen LogP contribution in [0.2, 0.25) is 0 Å². The van der Waals surface area contributed by atoms with Gasteiger partial charge in [0.25, 0.3) is 0 Å². The summed E-state index contributed by atoms with van der Waals surface area (Å²) in [5, 5.41) is 11.3. The summed E-state index contributed by atoms with van der Waals surface area (Å²) in [7, 11) is 4.82. The second-order valence-corrected chi connectivity index (χ2v) is 11.1.